The summed E-state index contributed by atoms with van der Waals surface area (Å²) in [6, 6.07) is 57.8. The van der Waals surface area contributed by atoms with Gasteiger partial charge >= 0.3 is 0 Å². The fourth-order valence-corrected chi connectivity index (χ4v) is 9.52. The van der Waals surface area contributed by atoms with Crippen LogP contribution in [0, 0.1) is 0 Å². The van der Waals surface area contributed by atoms with Crippen LogP contribution in [0.5, 0.6) is 0 Å². The Morgan fingerprint density at radius 1 is 0.482 bits per heavy atom. The summed E-state index contributed by atoms with van der Waals surface area (Å²) < 4.78 is 0. The molecule has 0 fully saturated rings. The average Bonchev–Trinajstić information content (AvgIpc) is 3.27. The third-order valence-corrected chi connectivity index (χ3v) is 13.9. The summed E-state index contributed by atoms with van der Waals surface area (Å²) in [4.78, 5) is 2.41. The van der Waals surface area contributed by atoms with E-state index in [-0.39, 0.29) is 10.8 Å². The summed E-state index contributed by atoms with van der Waals surface area (Å²) in [7, 11) is 0. The van der Waals surface area contributed by atoms with Gasteiger partial charge in [0, 0.05) is 22.5 Å². The second kappa shape index (κ2) is 15.3. The Labute approximate surface area is 335 Å². The summed E-state index contributed by atoms with van der Waals surface area (Å²) in [5.74, 6) is 0.540. The van der Waals surface area contributed by atoms with Crippen molar-refractivity contribution >= 4 is 49.4 Å². The maximum atomic E-state index is 2.41. The molecule has 0 radical (unpaired) electrons. The second-order valence-electron chi connectivity index (χ2n) is 16.4. The Morgan fingerprint density at radius 3 is 1.57 bits per heavy atom. The van der Waals surface area contributed by atoms with Gasteiger partial charge in [0.2, 0.25) is 0 Å². The number of nitrogens with zero attached hydrogens (tertiary/aromatic N) is 1. The molecule has 0 heterocycles. The van der Waals surface area contributed by atoms with Crippen molar-refractivity contribution in [2.45, 2.75) is 97.3 Å². The first-order chi connectivity index (χ1) is 27.3. The highest BCUT2D eigenvalue weighted by Gasteiger charge is 2.33. The van der Waals surface area contributed by atoms with Gasteiger partial charge in [0.25, 0.3) is 0 Å². The van der Waals surface area contributed by atoms with Crippen LogP contribution in [0.25, 0.3) is 43.4 Å². The number of hydrogen-bond donors (Lipinski definition) is 0. The van der Waals surface area contributed by atoms with Gasteiger partial charge in [-0.05, 0) is 146 Å². The molecule has 282 valence electrons. The molecule has 8 aromatic carbocycles. The van der Waals surface area contributed by atoms with E-state index in [0.717, 1.165) is 37.8 Å². The van der Waals surface area contributed by atoms with Crippen molar-refractivity contribution in [2.75, 3.05) is 4.90 Å². The third kappa shape index (κ3) is 6.26. The maximum Gasteiger partial charge on any atom is 0.0462 e. The molecule has 0 aliphatic rings. The van der Waals surface area contributed by atoms with E-state index in [1.807, 2.05) is 0 Å². The van der Waals surface area contributed by atoms with Crippen molar-refractivity contribution in [1.29, 1.82) is 0 Å². The van der Waals surface area contributed by atoms with Gasteiger partial charge in [-0.25, -0.2) is 0 Å². The number of anilines is 3. The molecular weight excluding hydrogens is 675 g/mol. The number of hydrogen-bond acceptors (Lipinski definition) is 1. The van der Waals surface area contributed by atoms with E-state index in [4.69, 9.17) is 0 Å². The van der Waals surface area contributed by atoms with Crippen molar-refractivity contribution < 1.29 is 0 Å². The van der Waals surface area contributed by atoms with E-state index >= 15 is 0 Å². The molecule has 8 rings (SSSR count). The Hall–Kier alpha value is -5.40. The SMILES string of the molecule is CCC(C)c1ccc(N(c2ccc(-c3ccc4ccc5c(C(CC)(CC)c6ccccc6)ccc6ccc3c4c65)cc2)c2ccc(C(C)(CC)CC)cc2)cc1. The van der Waals surface area contributed by atoms with Crippen LogP contribution < -0.4 is 4.90 Å². The monoisotopic (exact) mass is 731 g/mol. The standard InChI is InChI=1S/C55H57N/c1-8-38(6)39-18-28-45(29-19-39)56(47-32-26-43(27-33-47)54(7,9-2)10-3)46-30-20-40(21-31-46)48-34-22-41-24-36-50-51(37-25-42-23-35-49(48)52(41)53(42)50)55(11-4,12-5)44-16-14-13-15-17-44/h13-38H,8-12H2,1-7H3. The first-order valence-corrected chi connectivity index (χ1v) is 21.2. The molecule has 56 heavy (non-hydrogen) atoms. The van der Waals surface area contributed by atoms with Gasteiger partial charge in [0.05, 0.1) is 0 Å². The summed E-state index contributed by atoms with van der Waals surface area (Å²) in [6.07, 6.45) is 5.49. The van der Waals surface area contributed by atoms with Gasteiger partial charge in [-0.2, -0.15) is 0 Å². The van der Waals surface area contributed by atoms with E-state index in [9.17, 15) is 0 Å². The highest BCUT2D eigenvalue weighted by atomic mass is 15.1. The van der Waals surface area contributed by atoms with E-state index in [1.54, 1.807) is 0 Å². The predicted octanol–water partition coefficient (Wildman–Crippen LogP) is 16.4. The van der Waals surface area contributed by atoms with Gasteiger partial charge in [0.15, 0.2) is 0 Å². The Bertz CT molecular complexity index is 2550. The highest BCUT2D eigenvalue weighted by Crippen LogP contribution is 2.47. The first kappa shape index (κ1) is 37.5. The molecule has 1 nitrogen and oxygen atoms in total. The van der Waals surface area contributed by atoms with Gasteiger partial charge < -0.3 is 4.90 Å². The van der Waals surface area contributed by atoms with Crippen LogP contribution in [0.1, 0.15) is 109 Å². The maximum absolute atomic E-state index is 2.41. The van der Waals surface area contributed by atoms with Crippen LogP contribution in [-0.2, 0) is 10.8 Å². The normalized spacial score (nSPS) is 12.8. The molecule has 0 saturated heterocycles. The minimum Gasteiger partial charge on any atom is -0.311 e. The smallest absolute Gasteiger partial charge is 0.0462 e. The molecular formula is C55H57N. The summed E-state index contributed by atoms with van der Waals surface area (Å²) in [6.45, 7) is 16.3. The average molecular weight is 732 g/mol. The fourth-order valence-electron chi connectivity index (χ4n) is 9.52. The quantitative estimate of drug-likeness (QED) is 0.107. The molecule has 0 amide bonds. The van der Waals surface area contributed by atoms with E-state index in [1.165, 1.54) is 77.1 Å². The lowest BCUT2D eigenvalue weighted by Crippen LogP contribution is -2.26. The fraction of sp³-hybridized carbons (Fsp3) is 0.273. The summed E-state index contributed by atoms with van der Waals surface area (Å²) >= 11 is 0. The van der Waals surface area contributed by atoms with Gasteiger partial charge in [0.1, 0.15) is 0 Å². The lowest BCUT2D eigenvalue weighted by Gasteiger charge is -2.35. The molecule has 1 atom stereocenters. The van der Waals surface area contributed by atoms with Crippen molar-refractivity contribution in [1.82, 2.24) is 0 Å². The van der Waals surface area contributed by atoms with Crippen LogP contribution in [0.3, 0.4) is 0 Å². The van der Waals surface area contributed by atoms with E-state index < -0.39 is 0 Å². The summed E-state index contributed by atoms with van der Waals surface area (Å²) in [5, 5.41) is 8.05. The first-order valence-electron chi connectivity index (χ1n) is 21.2. The molecule has 1 unspecified atom stereocenters. The predicted molar refractivity (Wildman–Crippen MR) is 245 cm³/mol. The molecule has 0 bridgehead atoms. The molecule has 0 saturated carbocycles. The summed E-state index contributed by atoms with van der Waals surface area (Å²) in [5.41, 5.74) is 11.8. The topological polar surface area (TPSA) is 3.24 Å². The van der Waals surface area contributed by atoms with E-state index in [2.05, 4.69) is 205 Å². The van der Waals surface area contributed by atoms with Crippen LogP contribution in [0.15, 0.2) is 152 Å². The zero-order chi connectivity index (χ0) is 39.0. The molecule has 0 N–H and O–H groups in total. The van der Waals surface area contributed by atoms with Gasteiger partial charge in [-0.3, -0.25) is 0 Å². The second-order valence-corrected chi connectivity index (χ2v) is 16.4. The van der Waals surface area contributed by atoms with Crippen molar-refractivity contribution in [2.24, 2.45) is 0 Å². The van der Waals surface area contributed by atoms with Gasteiger partial charge in [-0.1, -0.05) is 164 Å². The van der Waals surface area contributed by atoms with Crippen LogP contribution in [0.4, 0.5) is 17.1 Å². The lowest BCUT2D eigenvalue weighted by atomic mass is 9.68. The number of benzene rings is 8. The van der Waals surface area contributed by atoms with Crippen molar-refractivity contribution in [3.8, 4) is 11.1 Å². The largest absolute Gasteiger partial charge is 0.311 e. The zero-order valence-electron chi connectivity index (χ0n) is 34.5. The van der Waals surface area contributed by atoms with Crippen LogP contribution in [0.2, 0.25) is 0 Å². The molecule has 0 aliphatic carbocycles. The third-order valence-electron chi connectivity index (χ3n) is 13.9. The van der Waals surface area contributed by atoms with Gasteiger partial charge in [-0.15, -0.1) is 0 Å². The Morgan fingerprint density at radius 2 is 1.00 bits per heavy atom. The molecule has 0 spiro atoms. The molecule has 0 aliphatic heterocycles. The van der Waals surface area contributed by atoms with Crippen LogP contribution in [-0.4, -0.2) is 0 Å². The minimum atomic E-state index is -0.0470. The highest BCUT2D eigenvalue weighted by molar-refractivity contribution is 6.26. The Kier molecular flexibility index (Phi) is 10.2. The number of rotatable bonds is 13. The van der Waals surface area contributed by atoms with Crippen molar-refractivity contribution in [3.05, 3.63) is 174 Å². The minimum absolute atomic E-state index is 0.0470. The zero-order valence-corrected chi connectivity index (χ0v) is 34.5. The van der Waals surface area contributed by atoms with Crippen molar-refractivity contribution in [3.63, 3.8) is 0 Å². The lowest BCUT2D eigenvalue weighted by molar-refractivity contribution is 0.439. The molecule has 1 heteroatoms. The van der Waals surface area contributed by atoms with Crippen LogP contribution >= 0.6 is 0 Å². The Balaban J connectivity index is 1.23. The molecule has 8 aromatic rings. The molecule has 0 aromatic heterocycles. The van der Waals surface area contributed by atoms with E-state index in [0.29, 0.717) is 5.92 Å².